The summed E-state index contributed by atoms with van der Waals surface area (Å²) >= 11 is 0. The SMILES string of the molecule is CCCCCCCCCCCCc1ccc(CN(c2cccnc2C)c2cccnc2C)cc1. The van der Waals surface area contributed by atoms with Gasteiger partial charge in [-0.15, -0.1) is 0 Å². The Hall–Kier alpha value is -2.68. The predicted octanol–water partition coefficient (Wildman–Crippen LogP) is 8.90. The predicted molar refractivity (Wildman–Crippen MR) is 146 cm³/mol. The molecule has 2 heterocycles. The van der Waals surface area contributed by atoms with E-state index in [1.54, 1.807) is 0 Å². The van der Waals surface area contributed by atoms with Crippen LogP contribution in [0.5, 0.6) is 0 Å². The van der Waals surface area contributed by atoms with E-state index in [2.05, 4.69) is 72.0 Å². The van der Waals surface area contributed by atoms with E-state index in [0.717, 1.165) is 29.3 Å². The van der Waals surface area contributed by atoms with E-state index in [1.165, 1.54) is 81.8 Å². The molecule has 2 aromatic heterocycles. The van der Waals surface area contributed by atoms with E-state index >= 15 is 0 Å². The Labute approximate surface area is 207 Å². The molecule has 3 aromatic rings. The van der Waals surface area contributed by atoms with E-state index in [-0.39, 0.29) is 0 Å². The highest BCUT2D eigenvalue weighted by Crippen LogP contribution is 2.31. The topological polar surface area (TPSA) is 29.0 Å². The summed E-state index contributed by atoms with van der Waals surface area (Å²) in [4.78, 5) is 11.4. The number of nitrogens with zero attached hydrogens (tertiary/aromatic N) is 3. The fourth-order valence-corrected chi connectivity index (χ4v) is 4.63. The van der Waals surface area contributed by atoms with Crippen molar-refractivity contribution in [1.29, 1.82) is 0 Å². The summed E-state index contributed by atoms with van der Waals surface area (Å²) in [6.07, 6.45) is 18.8. The van der Waals surface area contributed by atoms with Crippen LogP contribution in [0.3, 0.4) is 0 Å². The van der Waals surface area contributed by atoms with Crippen molar-refractivity contribution in [1.82, 2.24) is 9.97 Å². The summed E-state index contributed by atoms with van der Waals surface area (Å²) in [7, 11) is 0. The zero-order chi connectivity index (χ0) is 24.0. The Bertz CT molecular complexity index is 919. The minimum Gasteiger partial charge on any atom is -0.334 e. The maximum atomic E-state index is 4.53. The van der Waals surface area contributed by atoms with Gasteiger partial charge in [-0.3, -0.25) is 9.97 Å². The molecule has 0 saturated carbocycles. The molecule has 34 heavy (non-hydrogen) atoms. The first-order valence-electron chi connectivity index (χ1n) is 13.4. The maximum absolute atomic E-state index is 4.53. The van der Waals surface area contributed by atoms with E-state index in [4.69, 9.17) is 0 Å². The molecule has 0 amide bonds. The van der Waals surface area contributed by atoms with E-state index < -0.39 is 0 Å². The molecule has 3 nitrogen and oxygen atoms in total. The number of benzene rings is 1. The second-order valence-corrected chi connectivity index (χ2v) is 9.55. The average Bonchev–Trinajstić information content (AvgIpc) is 2.86. The van der Waals surface area contributed by atoms with Gasteiger partial charge in [-0.1, -0.05) is 89.0 Å². The smallest absolute Gasteiger partial charge is 0.0630 e. The monoisotopic (exact) mass is 457 g/mol. The number of aromatic nitrogens is 2. The van der Waals surface area contributed by atoms with Crippen LogP contribution in [0.15, 0.2) is 60.9 Å². The van der Waals surface area contributed by atoms with Crippen molar-refractivity contribution in [2.75, 3.05) is 4.90 Å². The van der Waals surface area contributed by atoms with Gasteiger partial charge in [0.15, 0.2) is 0 Å². The highest BCUT2D eigenvalue weighted by Gasteiger charge is 2.15. The molecule has 0 N–H and O–H groups in total. The molecule has 0 fully saturated rings. The van der Waals surface area contributed by atoms with Crippen molar-refractivity contribution in [2.24, 2.45) is 0 Å². The summed E-state index contributed by atoms with van der Waals surface area (Å²) < 4.78 is 0. The van der Waals surface area contributed by atoms with Crippen LogP contribution in [-0.2, 0) is 13.0 Å². The molecule has 0 unspecified atom stereocenters. The molecule has 0 aliphatic heterocycles. The third-order valence-corrected chi connectivity index (χ3v) is 6.72. The fourth-order valence-electron chi connectivity index (χ4n) is 4.63. The molecule has 182 valence electrons. The summed E-state index contributed by atoms with van der Waals surface area (Å²) in [6, 6.07) is 17.5. The Kier molecular flexibility index (Phi) is 11.1. The van der Waals surface area contributed by atoms with Gasteiger partial charge in [0.05, 0.1) is 22.8 Å². The second-order valence-electron chi connectivity index (χ2n) is 9.55. The Morgan fingerprint density at radius 1 is 0.588 bits per heavy atom. The zero-order valence-electron chi connectivity index (χ0n) is 21.6. The third kappa shape index (κ3) is 8.27. The maximum Gasteiger partial charge on any atom is 0.0630 e. The number of rotatable bonds is 15. The number of anilines is 2. The summed E-state index contributed by atoms with van der Waals surface area (Å²) in [5.41, 5.74) is 7.08. The van der Waals surface area contributed by atoms with Gasteiger partial charge < -0.3 is 4.90 Å². The number of pyridine rings is 2. The standard InChI is InChI=1S/C31H43N3/c1-4-5-6-7-8-9-10-11-12-13-16-28-19-21-29(22-20-28)25-34(30-17-14-23-32-26(30)2)31-18-15-24-33-27(31)3/h14-15,17-24H,4-13,16,25H2,1-3H3. The van der Waals surface area contributed by atoms with Gasteiger partial charge in [-0.05, 0) is 62.1 Å². The highest BCUT2D eigenvalue weighted by molar-refractivity contribution is 5.66. The van der Waals surface area contributed by atoms with Crippen LogP contribution in [-0.4, -0.2) is 9.97 Å². The first-order chi connectivity index (χ1) is 16.7. The molecule has 1 aromatic carbocycles. The van der Waals surface area contributed by atoms with Crippen molar-refractivity contribution in [3.8, 4) is 0 Å². The highest BCUT2D eigenvalue weighted by atomic mass is 15.2. The summed E-state index contributed by atoms with van der Waals surface area (Å²) in [6.45, 7) is 7.24. The summed E-state index contributed by atoms with van der Waals surface area (Å²) in [5, 5.41) is 0. The van der Waals surface area contributed by atoms with E-state index in [1.807, 2.05) is 24.5 Å². The third-order valence-electron chi connectivity index (χ3n) is 6.72. The number of hydrogen-bond donors (Lipinski definition) is 0. The lowest BCUT2D eigenvalue weighted by atomic mass is 10.0. The molecular weight excluding hydrogens is 414 g/mol. The minimum absolute atomic E-state index is 0.803. The number of aryl methyl sites for hydroxylation is 3. The molecule has 0 spiro atoms. The van der Waals surface area contributed by atoms with Gasteiger partial charge in [0, 0.05) is 18.9 Å². The Morgan fingerprint density at radius 2 is 1.06 bits per heavy atom. The molecule has 3 rings (SSSR count). The largest absolute Gasteiger partial charge is 0.334 e. The molecule has 0 saturated heterocycles. The lowest BCUT2D eigenvalue weighted by Crippen LogP contribution is -2.19. The van der Waals surface area contributed by atoms with E-state index in [0.29, 0.717) is 0 Å². The minimum atomic E-state index is 0.803. The van der Waals surface area contributed by atoms with Gasteiger partial charge in [0.1, 0.15) is 0 Å². The van der Waals surface area contributed by atoms with Crippen LogP contribution in [0.4, 0.5) is 11.4 Å². The average molecular weight is 458 g/mol. The molecule has 3 heteroatoms. The van der Waals surface area contributed by atoms with Crippen LogP contribution < -0.4 is 4.90 Å². The van der Waals surface area contributed by atoms with Crippen molar-refractivity contribution in [2.45, 2.75) is 97.9 Å². The fraction of sp³-hybridized carbons (Fsp3) is 0.484. The van der Waals surface area contributed by atoms with Crippen molar-refractivity contribution >= 4 is 11.4 Å². The van der Waals surface area contributed by atoms with Crippen molar-refractivity contribution < 1.29 is 0 Å². The normalized spacial score (nSPS) is 11.0. The Balaban J connectivity index is 1.50. The first-order valence-corrected chi connectivity index (χ1v) is 13.4. The molecule has 0 atom stereocenters. The molecule has 0 bridgehead atoms. The van der Waals surface area contributed by atoms with Crippen LogP contribution in [0, 0.1) is 13.8 Å². The molecule has 0 aliphatic rings. The van der Waals surface area contributed by atoms with Crippen LogP contribution in [0.2, 0.25) is 0 Å². The van der Waals surface area contributed by atoms with E-state index in [9.17, 15) is 0 Å². The number of unbranched alkanes of at least 4 members (excludes halogenated alkanes) is 9. The Morgan fingerprint density at radius 3 is 1.56 bits per heavy atom. The molecule has 0 aliphatic carbocycles. The number of hydrogen-bond acceptors (Lipinski definition) is 3. The van der Waals surface area contributed by atoms with Gasteiger partial charge >= 0.3 is 0 Å². The van der Waals surface area contributed by atoms with Crippen LogP contribution >= 0.6 is 0 Å². The second kappa shape index (κ2) is 14.6. The van der Waals surface area contributed by atoms with Crippen LogP contribution in [0.1, 0.15) is 93.6 Å². The zero-order valence-corrected chi connectivity index (χ0v) is 21.6. The van der Waals surface area contributed by atoms with Gasteiger partial charge in [-0.2, -0.15) is 0 Å². The van der Waals surface area contributed by atoms with Gasteiger partial charge in [-0.25, -0.2) is 0 Å². The summed E-state index contributed by atoms with van der Waals surface area (Å²) in [5.74, 6) is 0. The van der Waals surface area contributed by atoms with Crippen LogP contribution in [0.25, 0.3) is 0 Å². The quantitative estimate of drug-likeness (QED) is 0.213. The van der Waals surface area contributed by atoms with Gasteiger partial charge in [0.2, 0.25) is 0 Å². The lowest BCUT2D eigenvalue weighted by molar-refractivity contribution is 0.556. The molecular formula is C31H43N3. The van der Waals surface area contributed by atoms with Gasteiger partial charge in [0.25, 0.3) is 0 Å². The van der Waals surface area contributed by atoms with Crippen molar-refractivity contribution in [3.05, 3.63) is 83.4 Å². The lowest BCUT2D eigenvalue weighted by Gasteiger charge is -2.27. The first kappa shape index (κ1) is 25.9. The molecule has 0 radical (unpaired) electrons. The van der Waals surface area contributed by atoms with Crippen molar-refractivity contribution in [3.63, 3.8) is 0 Å².